The van der Waals surface area contributed by atoms with Gasteiger partial charge in [-0.15, -0.1) is 12.6 Å². The van der Waals surface area contributed by atoms with Crippen molar-refractivity contribution in [1.29, 1.82) is 5.26 Å². The summed E-state index contributed by atoms with van der Waals surface area (Å²) in [6.07, 6.45) is 0. The predicted octanol–water partition coefficient (Wildman–Crippen LogP) is 4.03. The zero-order valence-corrected chi connectivity index (χ0v) is 12.7. The minimum atomic E-state index is 0.502. The van der Waals surface area contributed by atoms with E-state index in [0.29, 0.717) is 16.2 Å². The number of rotatable bonds is 4. The van der Waals surface area contributed by atoms with E-state index < -0.39 is 0 Å². The van der Waals surface area contributed by atoms with Crippen LogP contribution in [0.2, 0.25) is 0 Å². The number of ether oxygens (including phenoxy) is 2. The Morgan fingerprint density at radius 1 is 0.952 bits per heavy atom. The van der Waals surface area contributed by atoms with Crippen LogP contribution in [0.25, 0.3) is 10.5 Å². The zero-order valence-electron chi connectivity index (χ0n) is 11.8. The Hall–Kier alpha value is -2.38. The number of hydrogen-bond acceptors (Lipinski definition) is 4. The van der Waals surface area contributed by atoms with E-state index in [-0.39, 0.29) is 0 Å². The molecule has 4 heteroatoms. The topological polar surface area (TPSA) is 42.2 Å². The number of nitrogens with zero attached hydrogens (tertiary/aromatic N) is 1. The van der Waals surface area contributed by atoms with Crippen LogP contribution < -0.4 is 9.47 Å². The molecule has 106 valence electrons. The summed E-state index contributed by atoms with van der Waals surface area (Å²) in [6, 6.07) is 17.0. The van der Waals surface area contributed by atoms with E-state index >= 15 is 0 Å². The van der Waals surface area contributed by atoms with E-state index in [1.54, 1.807) is 14.2 Å². The van der Waals surface area contributed by atoms with Crippen molar-refractivity contribution in [2.45, 2.75) is 0 Å². The van der Waals surface area contributed by atoms with Crippen LogP contribution in [0.5, 0.6) is 11.5 Å². The summed E-state index contributed by atoms with van der Waals surface area (Å²) in [5.74, 6) is 1.47. The average Bonchev–Trinajstić information content (AvgIpc) is 2.55. The van der Waals surface area contributed by atoms with Gasteiger partial charge < -0.3 is 9.47 Å². The van der Waals surface area contributed by atoms with Crippen molar-refractivity contribution in [3.8, 4) is 17.6 Å². The molecule has 0 aromatic heterocycles. The van der Waals surface area contributed by atoms with Gasteiger partial charge in [-0.1, -0.05) is 24.3 Å². The molecule has 0 amide bonds. The third-order valence-corrected chi connectivity index (χ3v) is 3.55. The lowest BCUT2D eigenvalue weighted by Gasteiger charge is -2.08. The lowest BCUT2D eigenvalue weighted by Crippen LogP contribution is -1.89. The summed E-state index contributed by atoms with van der Waals surface area (Å²) >= 11 is 4.51. The standard InChI is InChI=1S/C17H15NO2S/c1-19-14-8-6-12(7-9-14)17(21)16(11-18)13-4-3-5-15(10-13)20-2/h3-10,21H,1-2H3/b17-16-. The molecule has 0 bridgehead atoms. The van der Waals surface area contributed by atoms with Gasteiger partial charge in [0.05, 0.1) is 19.8 Å². The lowest BCUT2D eigenvalue weighted by atomic mass is 10.0. The minimum absolute atomic E-state index is 0.502. The molecule has 0 saturated heterocycles. The maximum absolute atomic E-state index is 9.45. The number of nitriles is 1. The first-order valence-electron chi connectivity index (χ1n) is 6.31. The Morgan fingerprint density at radius 3 is 2.19 bits per heavy atom. The van der Waals surface area contributed by atoms with Gasteiger partial charge in [0, 0.05) is 4.91 Å². The normalized spacial score (nSPS) is 11.3. The molecule has 0 aliphatic heterocycles. The highest BCUT2D eigenvalue weighted by molar-refractivity contribution is 7.90. The molecule has 2 rings (SSSR count). The Balaban J connectivity index is 2.47. The van der Waals surface area contributed by atoms with Gasteiger partial charge in [0.15, 0.2) is 0 Å². The van der Waals surface area contributed by atoms with Crippen molar-refractivity contribution in [2.24, 2.45) is 0 Å². The molecular weight excluding hydrogens is 282 g/mol. The zero-order chi connectivity index (χ0) is 15.2. The molecule has 0 heterocycles. The fourth-order valence-electron chi connectivity index (χ4n) is 1.93. The van der Waals surface area contributed by atoms with E-state index in [0.717, 1.165) is 16.9 Å². The summed E-state index contributed by atoms with van der Waals surface area (Å²) in [5, 5.41) is 9.45. The Labute approximate surface area is 129 Å². The fraction of sp³-hybridized carbons (Fsp3) is 0.118. The number of methoxy groups -OCH3 is 2. The summed E-state index contributed by atoms with van der Waals surface area (Å²) in [5.41, 5.74) is 2.14. The monoisotopic (exact) mass is 297 g/mol. The summed E-state index contributed by atoms with van der Waals surface area (Å²) < 4.78 is 10.3. The molecule has 0 aliphatic rings. The number of thiol groups is 1. The highest BCUT2D eigenvalue weighted by Gasteiger charge is 2.09. The van der Waals surface area contributed by atoms with Gasteiger partial charge in [-0.2, -0.15) is 5.26 Å². The number of allylic oxidation sites excluding steroid dienone is 1. The second kappa shape index (κ2) is 6.87. The maximum atomic E-state index is 9.45. The maximum Gasteiger partial charge on any atom is 0.119 e. The van der Waals surface area contributed by atoms with Gasteiger partial charge in [0.1, 0.15) is 17.6 Å². The van der Waals surface area contributed by atoms with Crippen LogP contribution >= 0.6 is 12.6 Å². The molecule has 21 heavy (non-hydrogen) atoms. The third kappa shape index (κ3) is 3.39. The summed E-state index contributed by atoms with van der Waals surface area (Å²) in [6.45, 7) is 0. The summed E-state index contributed by atoms with van der Waals surface area (Å²) in [7, 11) is 3.21. The van der Waals surface area contributed by atoms with E-state index in [9.17, 15) is 5.26 Å². The Morgan fingerprint density at radius 2 is 1.62 bits per heavy atom. The van der Waals surface area contributed by atoms with Crippen molar-refractivity contribution in [2.75, 3.05) is 14.2 Å². The van der Waals surface area contributed by atoms with Crippen molar-refractivity contribution in [3.05, 3.63) is 59.7 Å². The second-order valence-electron chi connectivity index (χ2n) is 4.30. The number of benzene rings is 2. The van der Waals surface area contributed by atoms with Crippen molar-refractivity contribution < 1.29 is 9.47 Å². The van der Waals surface area contributed by atoms with Gasteiger partial charge in [0.25, 0.3) is 0 Å². The summed E-state index contributed by atoms with van der Waals surface area (Å²) in [4.78, 5) is 0.619. The van der Waals surface area contributed by atoms with Crippen LogP contribution in [-0.4, -0.2) is 14.2 Å². The number of hydrogen-bond donors (Lipinski definition) is 1. The molecular formula is C17H15NO2S. The molecule has 0 spiro atoms. The van der Waals surface area contributed by atoms with E-state index in [1.165, 1.54) is 0 Å². The fourth-order valence-corrected chi connectivity index (χ4v) is 2.25. The van der Waals surface area contributed by atoms with Gasteiger partial charge in [0.2, 0.25) is 0 Å². The highest BCUT2D eigenvalue weighted by atomic mass is 32.1. The molecule has 0 unspecified atom stereocenters. The first-order chi connectivity index (χ1) is 10.2. The smallest absolute Gasteiger partial charge is 0.119 e. The van der Waals surface area contributed by atoms with Crippen LogP contribution in [0.1, 0.15) is 11.1 Å². The van der Waals surface area contributed by atoms with Crippen LogP contribution in [0.3, 0.4) is 0 Å². The SMILES string of the molecule is COc1ccc(/C(S)=C(\C#N)c2cccc(OC)c2)cc1. The van der Waals surface area contributed by atoms with Gasteiger partial charge in [-0.25, -0.2) is 0 Å². The van der Waals surface area contributed by atoms with Crippen LogP contribution in [0, 0.1) is 11.3 Å². The molecule has 0 atom stereocenters. The second-order valence-corrected chi connectivity index (χ2v) is 4.74. The van der Waals surface area contributed by atoms with Crippen molar-refractivity contribution >= 4 is 23.1 Å². The molecule has 0 aliphatic carbocycles. The minimum Gasteiger partial charge on any atom is -0.497 e. The van der Waals surface area contributed by atoms with Gasteiger partial charge in [-0.05, 0) is 35.4 Å². The quantitative estimate of drug-likeness (QED) is 0.526. The van der Waals surface area contributed by atoms with Gasteiger partial charge in [-0.3, -0.25) is 0 Å². The molecule has 0 fully saturated rings. The first-order valence-corrected chi connectivity index (χ1v) is 6.76. The van der Waals surface area contributed by atoms with Crippen LogP contribution in [0.4, 0.5) is 0 Å². The molecule has 0 saturated carbocycles. The predicted molar refractivity (Wildman–Crippen MR) is 87.4 cm³/mol. The molecule has 0 radical (unpaired) electrons. The lowest BCUT2D eigenvalue weighted by molar-refractivity contribution is 0.414. The largest absolute Gasteiger partial charge is 0.497 e. The highest BCUT2D eigenvalue weighted by Crippen LogP contribution is 2.31. The van der Waals surface area contributed by atoms with Crippen LogP contribution in [-0.2, 0) is 0 Å². The van der Waals surface area contributed by atoms with Crippen molar-refractivity contribution in [3.63, 3.8) is 0 Å². The third-order valence-electron chi connectivity index (χ3n) is 3.07. The molecule has 2 aromatic rings. The molecule has 3 nitrogen and oxygen atoms in total. The van der Waals surface area contributed by atoms with Gasteiger partial charge >= 0.3 is 0 Å². The molecule has 0 N–H and O–H groups in total. The van der Waals surface area contributed by atoms with E-state index in [2.05, 4.69) is 18.7 Å². The van der Waals surface area contributed by atoms with Crippen molar-refractivity contribution in [1.82, 2.24) is 0 Å². The van der Waals surface area contributed by atoms with Crippen LogP contribution in [0.15, 0.2) is 48.5 Å². The molecule has 2 aromatic carbocycles. The Bertz CT molecular complexity index is 699. The Kier molecular flexibility index (Phi) is 4.91. The van der Waals surface area contributed by atoms with E-state index in [4.69, 9.17) is 9.47 Å². The first kappa shape index (κ1) is 15.0. The van der Waals surface area contributed by atoms with E-state index in [1.807, 2.05) is 48.5 Å². The average molecular weight is 297 g/mol.